The van der Waals surface area contributed by atoms with Crippen LogP contribution in [0.3, 0.4) is 0 Å². The van der Waals surface area contributed by atoms with E-state index in [9.17, 15) is 14.4 Å². The highest BCUT2D eigenvalue weighted by molar-refractivity contribution is 5.99. The Bertz CT molecular complexity index is 656. The number of anilines is 1. The zero-order valence-electron chi connectivity index (χ0n) is 12.9. The number of carboxylic acid groups (broad SMARTS) is 1. The first-order chi connectivity index (χ1) is 11.0. The van der Waals surface area contributed by atoms with Crippen molar-refractivity contribution in [2.75, 3.05) is 18.4 Å². The maximum absolute atomic E-state index is 12.3. The SMILES string of the molecule is O=C1CCCc2cc(NC(=O)N3CCCC(C(=O)O)C3)ccc21. The minimum Gasteiger partial charge on any atom is -0.481 e. The van der Waals surface area contributed by atoms with Crippen molar-refractivity contribution in [1.82, 2.24) is 4.90 Å². The quantitative estimate of drug-likeness (QED) is 0.878. The molecule has 0 radical (unpaired) electrons. The molecular formula is C17H20N2O4. The highest BCUT2D eigenvalue weighted by Gasteiger charge is 2.28. The molecule has 1 heterocycles. The number of aliphatic carboxylic acids is 1. The third kappa shape index (κ3) is 3.36. The second-order valence-corrected chi connectivity index (χ2v) is 6.20. The molecule has 6 nitrogen and oxygen atoms in total. The molecule has 3 rings (SSSR count). The summed E-state index contributed by atoms with van der Waals surface area (Å²) in [7, 11) is 0. The molecule has 1 unspecified atom stereocenters. The van der Waals surface area contributed by atoms with Crippen LogP contribution in [0.1, 0.15) is 41.6 Å². The van der Waals surface area contributed by atoms with Gasteiger partial charge in [-0.05, 0) is 49.4 Å². The average molecular weight is 316 g/mol. The lowest BCUT2D eigenvalue weighted by Crippen LogP contribution is -2.44. The number of hydrogen-bond donors (Lipinski definition) is 2. The van der Waals surface area contributed by atoms with E-state index in [0.29, 0.717) is 31.5 Å². The largest absolute Gasteiger partial charge is 0.481 e. The van der Waals surface area contributed by atoms with E-state index in [0.717, 1.165) is 24.0 Å². The smallest absolute Gasteiger partial charge is 0.321 e. The molecule has 1 aliphatic heterocycles. The fourth-order valence-electron chi connectivity index (χ4n) is 3.29. The molecule has 1 fully saturated rings. The highest BCUT2D eigenvalue weighted by atomic mass is 16.4. The van der Waals surface area contributed by atoms with Crippen molar-refractivity contribution >= 4 is 23.5 Å². The van der Waals surface area contributed by atoms with Crippen LogP contribution in [-0.4, -0.2) is 40.9 Å². The number of fused-ring (bicyclic) bond motifs is 1. The molecule has 23 heavy (non-hydrogen) atoms. The zero-order valence-corrected chi connectivity index (χ0v) is 12.9. The third-order valence-electron chi connectivity index (χ3n) is 4.56. The fraction of sp³-hybridized carbons (Fsp3) is 0.471. The van der Waals surface area contributed by atoms with E-state index >= 15 is 0 Å². The van der Waals surface area contributed by atoms with E-state index in [1.54, 1.807) is 17.0 Å². The molecule has 1 aliphatic carbocycles. The molecule has 6 heteroatoms. The molecule has 0 saturated carbocycles. The van der Waals surface area contributed by atoms with Crippen LogP contribution in [0.2, 0.25) is 0 Å². The number of amides is 2. The van der Waals surface area contributed by atoms with E-state index < -0.39 is 11.9 Å². The van der Waals surface area contributed by atoms with Crippen LogP contribution >= 0.6 is 0 Å². The summed E-state index contributed by atoms with van der Waals surface area (Å²) in [5.74, 6) is -1.19. The van der Waals surface area contributed by atoms with Gasteiger partial charge in [-0.1, -0.05) is 0 Å². The Labute approximate surface area is 134 Å². The summed E-state index contributed by atoms with van der Waals surface area (Å²) in [5.41, 5.74) is 2.38. The van der Waals surface area contributed by atoms with Gasteiger partial charge in [-0.15, -0.1) is 0 Å². The number of aryl methyl sites for hydroxylation is 1. The first-order valence-corrected chi connectivity index (χ1v) is 7.99. The van der Waals surface area contributed by atoms with E-state index in [-0.39, 0.29) is 18.4 Å². The van der Waals surface area contributed by atoms with Crippen LogP contribution in [0.25, 0.3) is 0 Å². The van der Waals surface area contributed by atoms with Gasteiger partial charge in [-0.25, -0.2) is 4.79 Å². The molecule has 2 aliphatic rings. The number of piperidine rings is 1. The molecular weight excluding hydrogens is 296 g/mol. The van der Waals surface area contributed by atoms with Crippen LogP contribution in [-0.2, 0) is 11.2 Å². The summed E-state index contributed by atoms with van der Waals surface area (Å²) in [4.78, 5) is 36.8. The van der Waals surface area contributed by atoms with Crippen LogP contribution in [0.4, 0.5) is 10.5 Å². The first kappa shape index (κ1) is 15.5. The van der Waals surface area contributed by atoms with Gasteiger partial charge in [0, 0.05) is 30.8 Å². The van der Waals surface area contributed by atoms with E-state index in [1.807, 2.05) is 6.07 Å². The van der Waals surface area contributed by atoms with Crippen molar-refractivity contribution in [3.05, 3.63) is 29.3 Å². The van der Waals surface area contributed by atoms with Gasteiger partial charge in [0.25, 0.3) is 0 Å². The lowest BCUT2D eigenvalue weighted by Gasteiger charge is -2.30. The molecule has 1 atom stereocenters. The minimum atomic E-state index is -0.852. The van der Waals surface area contributed by atoms with Gasteiger partial charge in [0.15, 0.2) is 5.78 Å². The summed E-state index contributed by atoms with van der Waals surface area (Å²) in [6.45, 7) is 0.809. The number of benzene rings is 1. The number of carbonyl (C=O) groups excluding carboxylic acids is 2. The average Bonchev–Trinajstić information content (AvgIpc) is 2.55. The summed E-state index contributed by atoms with van der Waals surface area (Å²) >= 11 is 0. The number of likely N-dealkylation sites (tertiary alicyclic amines) is 1. The van der Waals surface area contributed by atoms with Gasteiger partial charge in [0.1, 0.15) is 0 Å². The number of Topliss-reactive ketones (excluding diaryl/α,β-unsaturated/α-hetero) is 1. The van der Waals surface area contributed by atoms with Crippen molar-refractivity contribution in [2.45, 2.75) is 32.1 Å². The summed E-state index contributed by atoms with van der Waals surface area (Å²) < 4.78 is 0. The normalized spacial score (nSPS) is 20.8. The van der Waals surface area contributed by atoms with Gasteiger partial charge >= 0.3 is 12.0 Å². The Morgan fingerprint density at radius 1 is 1.22 bits per heavy atom. The molecule has 0 bridgehead atoms. The number of carboxylic acids is 1. The van der Waals surface area contributed by atoms with E-state index in [1.165, 1.54) is 0 Å². The standard InChI is InChI=1S/C17H20N2O4/c20-15-5-1-3-11-9-13(6-7-14(11)15)18-17(23)19-8-2-4-12(10-19)16(21)22/h6-7,9,12H,1-5,8,10H2,(H,18,23)(H,21,22). The molecule has 2 amide bonds. The number of carbonyl (C=O) groups is 3. The van der Waals surface area contributed by atoms with Crippen molar-refractivity contribution in [3.63, 3.8) is 0 Å². The summed E-state index contributed by atoms with van der Waals surface area (Å²) in [5, 5.41) is 11.9. The predicted molar refractivity (Wildman–Crippen MR) is 84.7 cm³/mol. The topological polar surface area (TPSA) is 86.7 Å². The van der Waals surface area contributed by atoms with Gasteiger partial charge in [-0.2, -0.15) is 0 Å². The second kappa shape index (κ2) is 6.40. The van der Waals surface area contributed by atoms with E-state index in [4.69, 9.17) is 5.11 Å². The number of rotatable bonds is 2. The summed E-state index contributed by atoms with van der Waals surface area (Å²) in [6, 6.07) is 5.07. The maximum Gasteiger partial charge on any atom is 0.321 e. The Morgan fingerprint density at radius 2 is 2.04 bits per heavy atom. The molecule has 0 spiro atoms. The first-order valence-electron chi connectivity index (χ1n) is 7.99. The van der Waals surface area contributed by atoms with Crippen LogP contribution in [0, 0.1) is 5.92 Å². The Balaban J connectivity index is 1.68. The molecule has 0 aromatic heterocycles. The van der Waals surface area contributed by atoms with Gasteiger partial charge < -0.3 is 15.3 Å². The Kier molecular flexibility index (Phi) is 4.32. The molecule has 122 valence electrons. The monoisotopic (exact) mass is 316 g/mol. The van der Waals surface area contributed by atoms with Gasteiger partial charge in [-0.3, -0.25) is 9.59 Å². The van der Waals surface area contributed by atoms with Crippen LogP contribution in [0.15, 0.2) is 18.2 Å². The minimum absolute atomic E-state index is 0.157. The van der Waals surface area contributed by atoms with Crippen molar-refractivity contribution in [2.24, 2.45) is 5.92 Å². The lowest BCUT2D eigenvalue weighted by molar-refractivity contribution is -0.143. The number of ketones is 1. The van der Waals surface area contributed by atoms with Crippen LogP contribution in [0.5, 0.6) is 0 Å². The zero-order chi connectivity index (χ0) is 16.4. The molecule has 1 saturated heterocycles. The Hall–Kier alpha value is -2.37. The number of urea groups is 1. The predicted octanol–water partition coefficient (Wildman–Crippen LogP) is 2.53. The van der Waals surface area contributed by atoms with Crippen LogP contribution < -0.4 is 5.32 Å². The molecule has 1 aromatic carbocycles. The second-order valence-electron chi connectivity index (χ2n) is 6.20. The fourth-order valence-corrected chi connectivity index (χ4v) is 3.29. The molecule has 2 N–H and O–H groups in total. The number of hydrogen-bond acceptors (Lipinski definition) is 3. The molecule has 1 aromatic rings. The Morgan fingerprint density at radius 3 is 2.83 bits per heavy atom. The number of nitrogens with zero attached hydrogens (tertiary/aromatic N) is 1. The van der Waals surface area contributed by atoms with Crippen molar-refractivity contribution in [1.29, 1.82) is 0 Å². The van der Waals surface area contributed by atoms with Crippen molar-refractivity contribution < 1.29 is 19.5 Å². The number of nitrogens with one attached hydrogen (secondary N) is 1. The van der Waals surface area contributed by atoms with E-state index in [2.05, 4.69) is 5.32 Å². The third-order valence-corrected chi connectivity index (χ3v) is 4.56. The summed E-state index contributed by atoms with van der Waals surface area (Å²) in [6.07, 6.45) is 3.58. The maximum atomic E-state index is 12.3. The van der Waals surface area contributed by atoms with Gasteiger partial charge in [0.2, 0.25) is 0 Å². The highest BCUT2D eigenvalue weighted by Crippen LogP contribution is 2.25. The van der Waals surface area contributed by atoms with Crippen molar-refractivity contribution in [3.8, 4) is 0 Å². The van der Waals surface area contributed by atoms with Gasteiger partial charge in [0.05, 0.1) is 5.92 Å². The lowest BCUT2D eigenvalue weighted by atomic mass is 9.90.